The number of halogens is 1. The van der Waals surface area contributed by atoms with Gasteiger partial charge in [0.15, 0.2) is 0 Å². The molecule has 4 aliphatic rings. The average molecular weight is 703 g/mol. The van der Waals surface area contributed by atoms with E-state index in [2.05, 4.69) is 84.9 Å². The molecule has 0 bridgehead atoms. The predicted molar refractivity (Wildman–Crippen MR) is 181 cm³/mol. The Balaban J connectivity index is 0.949. The number of aryl methyl sites for hydroxylation is 1. The number of hydrogen-bond acceptors (Lipinski definition) is 8. The Morgan fingerprint density at radius 3 is 2.53 bits per heavy atom. The zero-order valence-corrected chi connectivity index (χ0v) is 28.3. The number of fused-ring (bicyclic) bond motifs is 1. The highest BCUT2D eigenvalue weighted by Crippen LogP contribution is 2.34. The summed E-state index contributed by atoms with van der Waals surface area (Å²) in [6.45, 7) is 5.15. The molecule has 0 saturated carbocycles. The molecule has 2 aromatic carbocycles. The Bertz CT molecular complexity index is 1780. The first-order chi connectivity index (χ1) is 22.6. The van der Waals surface area contributed by atoms with Crippen molar-refractivity contribution in [3.63, 3.8) is 0 Å². The summed E-state index contributed by atoms with van der Waals surface area (Å²) >= 11 is 3.44. The van der Waals surface area contributed by atoms with Gasteiger partial charge in [0.05, 0.1) is 11.9 Å². The van der Waals surface area contributed by atoms with E-state index in [4.69, 9.17) is 0 Å². The first-order valence-electron chi connectivity index (χ1n) is 16.4. The third kappa shape index (κ3) is 6.50. The second-order valence-corrected chi connectivity index (χ2v) is 14.4. The number of nitrogens with zero attached hydrogens (tertiary/aromatic N) is 5. The summed E-state index contributed by atoms with van der Waals surface area (Å²) in [5.41, 5.74) is 6.06. The number of amides is 3. The van der Waals surface area contributed by atoms with Crippen LogP contribution in [-0.2, 0) is 29.7 Å². The maximum Gasteiger partial charge on any atom is 0.282 e. The highest BCUT2D eigenvalue weighted by atomic mass is 79.9. The van der Waals surface area contributed by atoms with E-state index < -0.39 is 6.04 Å². The van der Waals surface area contributed by atoms with Crippen molar-refractivity contribution in [1.82, 2.24) is 29.8 Å². The van der Waals surface area contributed by atoms with Crippen LogP contribution in [0.3, 0.4) is 0 Å². The van der Waals surface area contributed by atoms with Crippen molar-refractivity contribution < 1.29 is 14.4 Å². The van der Waals surface area contributed by atoms with Crippen molar-refractivity contribution in [2.24, 2.45) is 7.05 Å². The highest BCUT2D eigenvalue weighted by Gasteiger charge is 2.39. The van der Waals surface area contributed by atoms with Crippen LogP contribution in [0.15, 0.2) is 57.9 Å². The van der Waals surface area contributed by atoms with E-state index in [0.29, 0.717) is 34.8 Å². The highest BCUT2D eigenvalue weighted by molar-refractivity contribution is 9.10. The van der Waals surface area contributed by atoms with Gasteiger partial charge in [-0.25, -0.2) is 4.68 Å². The van der Waals surface area contributed by atoms with E-state index in [0.717, 1.165) is 56.8 Å². The Morgan fingerprint density at radius 2 is 1.74 bits per heavy atom. The first-order valence-corrected chi connectivity index (χ1v) is 17.2. The van der Waals surface area contributed by atoms with Crippen LogP contribution >= 0.6 is 15.9 Å². The number of aromatic nitrogens is 2. The molecule has 1 aromatic heterocycles. The summed E-state index contributed by atoms with van der Waals surface area (Å²) < 4.78 is 1.83. The number of carbonyl (C=O) groups excluding carboxylic acids is 3. The van der Waals surface area contributed by atoms with Gasteiger partial charge in [0.25, 0.3) is 11.5 Å². The first kappa shape index (κ1) is 31.7. The lowest BCUT2D eigenvalue weighted by molar-refractivity contribution is -0.136. The molecule has 2 N–H and O–H groups in total. The molecule has 246 valence electrons. The van der Waals surface area contributed by atoms with Gasteiger partial charge in [0, 0.05) is 57.8 Å². The van der Waals surface area contributed by atoms with Gasteiger partial charge in [-0.3, -0.25) is 29.4 Å². The van der Waals surface area contributed by atoms with E-state index in [1.165, 1.54) is 21.4 Å². The summed E-state index contributed by atoms with van der Waals surface area (Å²) in [6.07, 6.45) is 4.36. The SMILES string of the molecule is CN1CC(Nc2cnn(C)c(=O)c2Br)CC(c2ccc(CN3CCC(c4ccc5c(c4)CN(C4CCC(=O)NC4=O)C5=O)C3)cc2)C1. The van der Waals surface area contributed by atoms with Crippen LogP contribution in [0, 0.1) is 0 Å². The zero-order valence-electron chi connectivity index (χ0n) is 26.7. The second-order valence-electron chi connectivity index (χ2n) is 13.6. The van der Waals surface area contributed by atoms with Crippen molar-refractivity contribution in [2.45, 2.75) is 62.7 Å². The molecular formula is C35H40BrN7O4. The Hall–Kier alpha value is -3.87. The quantitative estimate of drug-likeness (QED) is 0.361. The van der Waals surface area contributed by atoms with Gasteiger partial charge in [-0.05, 0) is 88.9 Å². The lowest BCUT2D eigenvalue weighted by Crippen LogP contribution is -2.52. The molecule has 4 unspecified atom stereocenters. The Morgan fingerprint density at radius 1 is 0.957 bits per heavy atom. The van der Waals surface area contributed by atoms with Crippen LogP contribution in [0.5, 0.6) is 0 Å². The lowest BCUT2D eigenvalue weighted by atomic mass is 9.87. The Labute approximate surface area is 282 Å². The van der Waals surface area contributed by atoms with Crippen LogP contribution in [0.2, 0.25) is 0 Å². The van der Waals surface area contributed by atoms with Gasteiger partial charge in [-0.15, -0.1) is 0 Å². The summed E-state index contributed by atoms with van der Waals surface area (Å²) in [4.78, 5) is 55.9. The van der Waals surface area contributed by atoms with E-state index in [-0.39, 0.29) is 35.7 Å². The molecule has 12 heteroatoms. The molecule has 11 nitrogen and oxygen atoms in total. The number of nitrogens with one attached hydrogen (secondary N) is 2. The van der Waals surface area contributed by atoms with Crippen LogP contribution in [0.25, 0.3) is 0 Å². The number of benzene rings is 2. The largest absolute Gasteiger partial charge is 0.379 e. The van der Waals surface area contributed by atoms with Gasteiger partial charge in [0.1, 0.15) is 10.5 Å². The minimum absolute atomic E-state index is 0.127. The monoisotopic (exact) mass is 701 g/mol. The number of rotatable bonds is 7. The normalized spacial score (nSPS) is 25.3. The molecule has 3 amide bonds. The molecule has 0 aliphatic carbocycles. The third-order valence-corrected chi connectivity index (χ3v) is 11.0. The average Bonchev–Trinajstić information content (AvgIpc) is 3.65. The van der Waals surface area contributed by atoms with Gasteiger partial charge < -0.3 is 15.1 Å². The number of anilines is 1. The summed E-state index contributed by atoms with van der Waals surface area (Å²) in [5.74, 6) is -0.00557. The van der Waals surface area contributed by atoms with Gasteiger partial charge in [0.2, 0.25) is 11.8 Å². The van der Waals surface area contributed by atoms with Crippen molar-refractivity contribution in [3.8, 4) is 0 Å². The topological polar surface area (TPSA) is 120 Å². The molecule has 4 aliphatic heterocycles. The van der Waals surface area contributed by atoms with Crippen molar-refractivity contribution >= 4 is 39.3 Å². The molecule has 0 radical (unpaired) electrons. The second kappa shape index (κ2) is 13.0. The number of hydrogen-bond donors (Lipinski definition) is 2. The molecule has 0 spiro atoms. The van der Waals surface area contributed by atoms with Crippen LogP contribution in [0.4, 0.5) is 5.69 Å². The molecule has 5 heterocycles. The minimum Gasteiger partial charge on any atom is -0.379 e. The zero-order chi connectivity index (χ0) is 32.8. The standard InChI is InChI=1S/C35H40BrN7O4/c1-40-17-25(14-27(20-40)38-29-15-37-41(2)35(47)32(29)36)22-5-3-21(4-6-22)16-42-12-11-24(18-42)23-7-8-28-26(13-23)19-43(34(28)46)30-9-10-31(44)39-33(30)45/h3-8,13,15,24-25,27,30,38H,9-12,14,16-20H2,1-2H3,(H,39,44,45). The summed E-state index contributed by atoms with van der Waals surface area (Å²) in [7, 11) is 3.79. The minimum atomic E-state index is -0.590. The van der Waals surface area contributed by atoms with E-state index in [1.54, 1.807) is 18.1 Å². The van der Waals surface area contributed by atoms with Crippen molar-refractivity contribution in [2.75, 3.05) is 38.5 Å². The number of piperidine rings is 2. The number of imide groups is 1. The Kier molecular flexibility index (Phi) is 8.75. The molecule has 4 atom stereocenters. The molecule has 3 fully saturated rings. The van der Waals surface area contributed by atoms with Gasteiger partial charge >= 0.3 is 0 Å². The maximum absolute atomic E-state index is 13.1. The molecule has 3 aromatic rings. The smallest absolute Gasteiger partial charge is 0.282 e. The fourth-order valence-corrected chi connectivity index (χ4v) is 8.22. The van der Waals surface area contributed by atoms with Crippen LogP contribution in [-0.4, -0.2) is 87.5 Å². The maximum atomic E-state index is 13.1. The van der Waals surface area contributed by atoms with Gasteiger partial charge in [-0.1, -0.05) is 36.4 Å². The number of likely N-dealkylation sites (tertiary alicyclic amines) is 2. The fourth-order valence-electron chi connectivity index (χ4n) is 7.75. The van der Waals surface area contributed by atoms with E-state index in [9.17, 15) is 19.2 Å². The lowest BCUT2D eigenvalue weighted by Gasteiger charge is -2.37. The van der Waals surface area contributed by atoms with Crippen LogP contribution in [0.1, 0.15) is 70.1 Å². The summed E-state index contributed by atoms with van der Waals surface area (Å²) in [5, 5.41) is 10.1. The van der Waals surface area contributed by atoms with E-state index in [1.807, 2.05) is 6.07 Å². The molecule has 3 saturated heterocycles. The van der Waals surface area contributed by atoms with E-state index >= 15 is 0 Å². The van der Waals surface area contributed by atoms with Crippen molar-refractivity contribution in [3.05, 3.63) is 91.3 Å². The fraction of sp³-hybridized carbons (Fsp3) is 0.457. The number of likely N-dealkylation sites (N-methyl/N-ethyl adjacent to an activating group) is 1. The number of carbonyl (C=O) groups is 3. The van der Waals surface area contributed by atoms with Crippen LogP contribution < -0.4 is 16.2 Å². The molecule has 7 rings (SSSR count). The van der Waals surface area contributed by atoms with Crippen molar-refractivity contribution in [1.29, 1.82) is 0 Å². The predicted octanol–water partition coefficient (Wildman–Crippen LogP) is 3.19. The third-order valence-electron chi connectivity index (χ3n) is 10.2. The molecule has 47 heavy (non-hydrogen) atoms. The molecular weight excluding hydrogens is 662 g/mol. The van der Waals surface area contributed by atoms with Gasteiger partial charge in [-0.2, -0.15) is 5.10 Å². The summed E-state index contributed by atoms with van der Waals surface area (Å²) in [6, 6.07) is 14.8.